The molecule has 1 aliphatic heterocycles. The highest BCUT2D eigenvalue weighted by Crippen LogP contribution is 2.27. The minimum Gasteiger partial charge on any atom is -0.444 e. The molecule has 1 saturated heterocycles. The minimum atomic E-state index is -0.527. The van der Waals surface area contributed by atoms with E-state index in [2.05, 4.69) is 0 Å². The third-order valence-corrected chi connectivity index (χ3v) is 4.35. The number of hydrogen-bond donors (Lipinski definition) is 1. The Balaban J connectivity index is 1.94. The fourth-order valence-electron chi connectivity index (χ4n) is 2.93. The molecule has 1 aromatic rings. The van der Waals surface area contributed by atoms with Gasteiger partial charge in [-0.2, -0.15) is 0 Å². The Hall–Kier alpha value is -1.30. The third-order valence-electron chi connectivity index (χ3n) is 4.10. The molecular formula is C19H28ClNO4. The summed E-state index contributed by atoms with van der Waals surface area (Å²) in [7, 11) is 0. The number of ether oxygens (including phenoxy) is 2. The second kappa shape index (κ2) is 8.88. The predicted molar refractivity (Wildman–Crippen MR) is 97.7 cm³/mol. The molecule has 0 radical (unpaired) electrons. The lowest BCUT2D eigenvalue weighted by Crippen LogP contribution is -2.40. The number of likely N-dealkylation sites (tertiary alicyclic amines) is 1. The molecule has 5 nitrogen and oxygen atoms in total. The van der Waals surface area contributed by atoms with Gasteiger partial charge in [0.05, 0.1) is 19.3 Å². The summed E-state index contributed by atoms with van der Waals surface area (Å²) < 4.78 is 11.5. The molecule has 0 unspecified atom stereocenters. The molecule has 2 rings (SSSR count). The van der Waals surface area contributed by atoms with Crippen LogP contribution in [0.15, 0.2) is 24.3 Å². The Morgan fingerprint density at radius 2 is 2.00 bits per heavy atom. The molecule has 1 heterocycles. The van der Waals surface area contributed by atoms with Gasteiger partial charge in [0.1, 0.15) is 5.60 Å². The lowest BCUT2D eigenvalue weighted by atomic mass is 10.1. The molecule has 0 bridgehead atoms. The van der Waals surface area contributed by atoms with Crippen LogP contribution in [0.3, 0.4) is 0 Å². The van der Waals surface area contributed by atoms with Gasteiger partial charge in [0.15, 0.2) is 0 Å². The maximum Gasteiger partial charge on any atom is 0.410 e. The molecule has 2 atom stereocenters. The first-order chi connectivity index (χ1) is 11.8. The Morgan fingerprint density at radius 3 is 2.60 bits per heavy atom. The van der Waals surface area contributed by atoms with E-state index < -0.39 is 5.60 Å². The Morgan fingerprint density at radius 1 is 1.32 bits per heavy atom. The maximum atomic E-state index is 12.5. The van der Waals surface area contributed by atoms with Gasteiger partial charge in [0.2, 0.25) is 0 Å². The van der Waals surface area contributed by atoms with Gasteiger partial charge in [0.25, 0.3) is 0 Å². The summed E-state index contributed by atoms with van der Waals surface area (Å²) in [4.78, 5) is 14.2. The number of rotatable bonds is 6. The van der Waals surface area contributed by atoms with Crippen LogP contribution in [0, 0.1) is 0 Å². The molecule has 1 aromatic carbocycles. The molecule has 1 amide bonds. The zero-order valence-corrected chi connectivity index (χ0v) is 16.0. The van der Waals surface area contributed by atoms with Crippen LogP contribution in [0.1, 0.15) is 45.6 Å². The Kier molecular flexibility index (Phi) is 7.11. The summed E-state index contributed by atoms with van der Waals surface area (Å²) in [6.07, 6.45) is 1.82. The first-order valence-corrected chi connectivity index (χ1v) is 9.13. The second-order valence-corrected chi connectivity index (χ2v) is 7.88. The van der Waals surface area contributed by atoms with Gasteiger partial charge in [-0.25, -0.2) is 4.79 Å². The van der Waals surface area contributed by atoms with E-state index in [-0.39, 0.29) is 24.8 Å². The molecule has 0 aliphatic carbocycles. The van der Waals surface area contributed by atoms with Gasteiger partial charge in [-0.05, 0) is 57.7 Å². The number of aliphatic hydroxyl groups excluding tert-OH is 1. The molecule has 140 valence electrons. The molecule has 0 spiro atoms. The number of nitrogens with zero attached hydrogens (tertiary/aromatic N) is 1. The molecule has 1 fully saturated rings. The normalized spacial score (nSPS) is 20.8. The van der Waals surface area contributed by atoms with Crippen LogP contribution < -0.4 is 0 Å². The highest BCUT2D eigenvalue weighted by Gasteiger charge is 2.37. The van der Waals surface area contributed by atoms with Gasteiger partial charge in [0, 0.05) is 17.7 Å². The molecular weight excluding hydrogens is 342 g/mol. The number of hydrogen-bond acceptors (Lipinski definition) is 4. The minimum absolute atomic E-state index is 0.0353. The lowest BCUT2D eigenvalue weighted by molar-refractivity contribution is 0.0144. The van der Waals surface area contributed by atoms with E-state index in [0.29, 0.717) is 24.6 Å². The number of halogens is 1. The smallest absolute Gasteiger partial charge is 0.410 e. The lowest BCUT2D eigenvalue weighted by Gasteiger charge is -2.28. The molecule has 0 saturated carbocycles. The molecule has 0 aromatic heterocycles. The monoisotopic (exact) mass is 369 g/mol. The number of carbonyl (C=O) groups excluding carboxylic acids is 1. The van der Waals surface area contributed by atoms with Crippen molar-refractivity contribution in [3.8, 4) is 0 Å². The van der Waals surface area contributed by atoms with Crippen LogP contribution in [-0.4, -0.2) is 47.0 Å². The Labute approximate surface area is 154 Å². The van der Waals surface area contributed by atoms with E-state index in [4.69, 9.17) is 26.2 Å². The molecule has 25 heavy (non-hydrogen) atoms. The number of carbonyl (C=O) groups is 1. The zero-order chi connectivity index (χ0) is 18.4. The largest absolute Gasteiger partial charge is 0.444 e. The fourth-order valence-corrected chi connectivity index (χ4v) is 3.06. The average molecular weight is 370 g/mol. The number of aliphatic hydroxyl groups is 1. The van der Waals surface area contributed by atoms with Crippen molar-refractivity contribution in [3.05, 3.63) is 34.9 Å². The van der Waals surface area contributed by atoms with Crippen LogP contribution in [0.5, 0.6) is 0 Å². The van der Waals surface area contributed by atoms with Gasteiger partial charge in [-0.3, -0.25) is 0 Å². The molecule has 6 heteroatoms. The predicted octanol–water partition coefficient (Wildman–Crippen LogP) is 4.01. The fraction of sp³-hybridized carbons (Fsp3) is 0.632. The number of benzene rings is 1. The SMILES string of the molecule is CC(C)(C)OC(=O)N1C[C@H](OCc2ccc(Cl)cc2)C[C@@H]1CCCO. The van der Waals surface area contributed by atoms with Crippen LogP contribution >= 0.6 is 11.6 Å². The second-order valence-electron chi connectivity index (χ2n) is 7.45. The summed E-state index contributed by atoms with van der Waals surface area (Å²) in [5, 5.41) is 9.80. The maximum absolute atomic E-state index is 12.5. The van der Waals surface area contributed by atoms with Crippen molar-refractivity contribution in [1.82, 2.24) is 4.90 Å². The van der Waals surface area contributed by atoms with Crippen LogP contribution in [0.25, 0.3) is 0 Å². The van der Waals surface area contributed by atoms with Crippen LogP contribution in [-0.2, 0) is 16.1 Å². The van der Waals surface area contributed by atoms with Crippen molar-refractivity contribution in [3.63, 3.8) is 0 Å². The van der Waals surface area contributed by atoms with Crippen molar-refractivity contribution in [1.29, 1.82) is 0 Å². The van der Waals surface area contributed by atoms with Crippen molar-refractivity contribution < 1.29 is 19.4 Å². The van der Waals surface area contributed by atoms with Crippen molar-refractivity contribution in [2.75, 3.05) is 13.2 Å². The summed E-state index contributed by atoms with van der Waals surface area (Å²) in [5.41, 5.74) is 0.521. The average Bonchev–Trinajstić information content (AvgIpc) is 2.94. The van der Waals surface area contributed by atoms with Crippen molar-refractivity contribution in [2.45, 2.75) is 64.4 Å². The van der Waals surface area contributed by atoms with Crippen molar-refractivity contribution >= 4 is 17.7 Å². The van der Waals surface area contributed by atoms with Gasteiger partial charge < -0.3 is 19.5 Å². The highest BCUT2D eigenvalue weighted by atomic mass is 35.5. The Bertz CT molecular complexity index is 556. The van der Waals surface area contributed by atoms with Crippen molar-refractivity contribution in [2.24, 2.45) is 0 Å². The molecule has 1 N–H and O–H groups in total. The first kappa shape index (κ1) is 20.0. The summed E-state index contributed by atoms with van der Waals surface area (Å²) in [6, 6.07) is 7.59. The summed E-state index contributed by atoms with van der Waals surface area (Å²) in [5.74, 6) is 0. The topological polar surface area (TPSA) is 59.0 Å². The number of amides is 1. The quantitative estimate of drug-likeness (QED) is 0.823. The van der Waals surface area contributed by atoms with Crippen LogP contribution in [0.4, 0.5) is 4.79 Å². The van der Waals surface area contributed by atoms with E-state index >= 15 is 0 Å². The standard InChI is InChI=1S/C19H28ClNO4/c1-19(2,3)25-18(23)21-12-17(11-16(21)5-4-10-22)24-13-14-6-8-15(20)9-7-14/h6-9,16-17,22H,4-5,10-13H2,1-3H3/t16-,17+/m0/s1. The van der Waals surface area contributed by atoms with E-state index in [0.717, 1.165) is 18.4 Å². The van der Waals surface area contributed by atoms with E-state index in [9.17, 15) is 4.79 Å². The van der Waals surface area contributed by atoms with Gasteiger partial charge in [-0.15, -0.1) is 0 Å². The summed E-state index contributed by atoms with van der Waals surface area (Å²) in [6.45, 7) is 6.69. The van der Waals surface area contributed by atoms with Crippen LogP contribution in [0.2, 0.25) is 5.02 Å². The third kappa shape index (κ3) is 6.49. The van der Waals surface area contributed by atoms with Gasteiger partial charge >= 0.3 is 6.09 Å². The van der Waals surface area contributed by atoms with E-state index in [1.54, 1.807) is 4.90 Å². The van der Waals surface area contributed by atoms with Gasteiger partial charge in [-0.1, -0.05) is 23.7 Å². The molecule has 1 aliphatic rings. The zero-order valence-electron chi connectivity index (χ0n) is 15.2. The van der Waals surface area contributed by atoms with E-state index in [1.165, 1.54) is 0 Å². The summed E-state index contributed by atoms with van der Waals surface area (Å²) >= 11 is 5.89. The van der Waals surface area contributed by atoms with E-state index in [1.807, 2.05) is 45.0 Å². The highest BCUT2D eigenvalue weighted by molar-refractivity contribution is 6.30. The first-order valence-electron chi connectivity index (χ1n) is 8.75.